The zero-order chi connectivity index (χ0) is 20.8. The Labute approximate surface area is 174 Å². The van der Waals surface area contributed by atoms with E-state index in [-0.39, 0.29) is 17.0 Å². The summed E-state index contributed by atoms with van der Waals surface area (Å²) in [5.41, 5.74) is 1.35. The minimum atomic E-state index is -0.152. The number of hydrogen-bond donors (Lipinski definition) is 1. The van der Waals surface area contributed by atoms with Gasteiger partial charge in [-0.05, 0) is 38.8 Å². The zero-order valence-corrected chi connectivity index (χ0v) is 18.3. The van der Waals surface area contributed by atoms with Crippen molar-refractivity contribution in [3.05, 3.63) is 70.5 Å². The smallest absolute Gasteiger partial charge is 0.250 e. The van der Waals surface area contributed by atoms with Crippen molar-refractivity contribution in [3.63, 3.8) is 0 Å². The van der Waals surface area contributed by atoms with E-state index in [2.05, 4.69) is 25.4 Å². The second-order valence-corrected chi connectivity index (χ2v) is 7.07. The molecular formula is C22H31Cl2NO2. The lowest BCUT2D eigenvalue weighted by Crippen LogP contribution is -2.32. The van der Waals surface area contributed by atoms with Crippen molar-refractivity contribution in [2.75, 3.05) is 6.61 Å². The van der Waals surface area contributed by atoms with Crippen LogP contribution in [0.15, 0.2) is 70.5 Å². The maximum absolute atomic E-state index is 12.0. The average Bonchev–Trinajstić information content (AvgIpc) is 2.63. The molecule has 1 atom stereocenters. The molecule has 0 aromatic carbocycles. The standard InChI is InChI=1S/C22H31Cl2NO2/c1-7-9-14-18(5)25-22(26)17(4)13-10-12-16(3)15-27-19(6)21(24)20(23)11-8-2/h8,10-13,18H,4,6-7,9,14-15H2,1-3,5H3,(H,25,26)/b11-8-,13-10-,16-12+,21-20-. The van der Waals surface area contributed by atoms with Gasteiger partial charge in [0.15, 0.2) is 0 Å². The van der Waals surface area contributed by atoms with E-state index >= 15 is 0 Å². The molecule has 0 fully saturated rings. The second kappa shape index (κ2) is 14.4. The van der Waals surface area contributed by atoms with Crippen molar-refractivity contribution >= 4 is 29.1 Å². The van der Waals surface area contributed by atoms with Gasteiger partial charge in [0.1, 0.15) is 17.4 Å². The van der Waals surface area contributed by atoms with Crippen LogP contribution in [0, 0.1) is 0 Å². The molecule has 0 bridgehead atoms. The highest BCUT2D eigenvalue weighted by Crippen LogP contribution is 2.23. The SMILES string of the molecule is C=C(/C=C\C=C(/C)COC(=C)/C(Cl)=C(Cl)\C=C/C)C(=O)NC(C)CCCC. The molecule has 0 saturated heterocycles. The molecule has 1 unspecified atom stereocenters. The Bertz CT molecular complexity index is 643. The van der Waals surface area contributed by atoms with E-state index < -0.39 is 0 Å². The first-order valence-corrected chi connectivity index (χ1v) is 9.82. The number of halogens is 2. The van der Waals surface area contributed by atoms with E-state index in [0.29, 0.717) is 23.0 Å². The fraction of sp³-hybridized carbons (Fsp3) is 0.409. The number of hydrogen-bond acceptors (Lipinski definition) is 2. The third-order valence-corrected chi connectivity index (χ3v) is 4.41. The summed E-state index contributed by atoms with van der Waals surface area (Å²) in [7, 11) is 0. The van der Waals surface area contributed by atoms with E-state index in [1.54, 1.807) is 24.3 Å². The predicted octanol–water partition coefficient (Wildman–Crippen LogP) is 6.54. The first-order valence-electron chi connectivity index (χ1n) is 9.06. The summed E-state index contributed by atoms with van der Waals surface area (Å²) < 4.78 is 5.52. The summed E-state index contributed by atoms with van der Waals surface area (Å²) in [5.74, 6) is 0.155. The Morgan fingerprint density at radius 3 is 2.52 bits per heavy atom. The van der Waals surface area contributed by atoms with Crippen LogP contribution in [0.1, 0.15) is 47.0 Å². The van der Waals surface area contributed by atoms with Gasteiger partial charge in [-0.3, -0.25) is 4.79 Å². The van der Waals surface area contributed by atoms with Crippen molar-refractivity contribution in [1.29, 1.82) is 0 Å². The molecular weight excluding hydrogens is 381 g/mol. The summed E-state index contributed by atoms with van der Waals surface area (Å²) in [6.07, 6.45) is 11.9. The molecule has 0 heterocycles. The topological polar surface area (TPSA) is 38.3 Å². The van der Waals surface area contributed by atoms with Gasteiger partial charge < -0.3 is 10.1 Å². The fourth-order valence-corrected chi connectivity index (χ4v) is 2.32. The van der Waals surface area contributed by atoms with Gasteiger partial charge in [-0.25, -0.2) is 0 Å². The Hall–Kier alpha value is -1.71. The summed E-state index contributed by atoms with van der Waals surface area (Å²) >= 11 is 12.1. The van der Waals surface area contributed by atoms with Gasteiger partial charge in [-0.2, -0.15) is 0 Å². The van der Waals surface area contributed by atoms with Crippen molar-refractivity contribution in [2.24, 2.45) is 0 Å². The molecule has 3 nitrogen and oxygen atoms in total. The molecule has 5 heteroatoms. The number of amides is 1. The molecule has 150 valence electrons. The maximum atomic E-state index is 12.0. The number of carbonyl (C=O) groups is 1. The molecule has 0 radical (unpaired) electrons. The Balaban J connectivity index is 4.51. The van der Waals surface area contributed by atoms with Crippen LogP contribution in [0.4, 0.5) is 0 Å². The molecule has 0 aliphatic heterocycles. The van der Waals surface area contributed by atoms with E-state index in [1.165, 1.54) is 0 Å². The largest absolute Gasteiger partial charge is 0.488 e. The van der Waals surface area contributed by atoms with Crippen LogP contribution in [0.5, 0.6) is 0 Å². The van der Waals surface area contributed by atoms with Crippen LogP contribution < -0.4 is 5.32 Å². The van der Waals surface area contributed by atoms with Crippen LogP contribution in [-0.4, -0.2) is 18.6 Å². The number of ether oxygens (including phenoxy) is 1. The predicted molar refractivity (Wildman–Crippen MR) is 118 cm³/mol. The van der Waals surface area contributed by atoms with Crippen LogP contribution in [0.25, 0.3) is 0 Å². The molecule has 1 N–H and O–H groups in total. The van der Waals surface area contributed by atoms with Crippen LogP contribution in [-0.2, 0) is 9.53 Å². The normalized spacial score (nSPS) is 14.2. The van der Waals surface area contributed by atoms with Crippen LogP contribution in [0.3, 0.4) is 0 Å². The van der Waals surface area contributed by atoms with Crippen LogP contribution in [0.2, 0.25) is 0 Å². The minimum Gasteiger partial charge on any atom is -0.488 e. The Kier molecular flexibility index (Phi) is 13.5. The van der Waals surface area contributed by atoms with Crippen molar-refractivity contribution in [2.45, 2.75) is 53.0 Å². The number of carbonyl (C=O) groups excluding carboxylic acids is 1. The first-order chi connectivity index (χ1) is 12.7. The van der Waals surface area contributed by atoms with Gasteiger partial charge in [0.2, 0.25) is 0 Å². The molecule has 27 heavy (non-hydrogen) atoms. The minimum absolute atomic E-state index is 0.145. The van der Waals surface area contributed by atoms with E-state index in [9.17, 15) is 4.79 Å². The molecule has 0 aromatic rings. The molecule has 0 aromatic heterocycles. The lowest BCUT2D eigenvalue weighted by atomic mass is 10.1. The monoisotopic (exact) mass is 411 g/mol. The Morgan fingerprint density at radius 2 is 1.93 bits per heavy atom. The van der Waals surface area contributed by atoms with Gasteiger partial charge in [0.25, 0.3) is 5.91 Å². The summed E-state index contributed by atoms with van der Waals surface area (Å²) in [6, 6.07) is 0.145. The Morgan fingerprint density at radius 1 is 1.26 bits per heavy atom. The van der Waals surface area contributed by atoms with Gasteiger partial charge in [0.05, 0.1) is 5.03 Å². The first kappa shape index (κ1) is 25.3. The van der Waals surface area contributed by atoms with E-state index in [0.717, 1.165) is 24.8 Å². The van der Waals surface area contributed by atoms with Gasteiger partial charge in [0, 0.05) is 11.6 Å². The van der Waals surface area contributed by atoms with Crippen molar-refractivity contribution < 1.29 is 9.53 Å². The van der Waals surface area contributed by atoms with Crippen LogP contribution >= 0.6 is 23.2 Å². The molecule has 1 amide bonds. The van der Waals surface area contributed by atoms with Crippen molar-refractivity contribution in [1.82, 2.24) is 5.32 Å². The number of rotatable bonds is 12. The highest BCUT2D eigenvalue weighted by atomic mass is 35.5. The summed E-state index contributed by atoms with van der Waals surface area (Å²) in [4.78, 5) is 12.0. The highest BCUT2D eigenvalue weighted by Gasteiger charge is 2.08. The maximum Gasteiger partial charge on any atom is 0.250 e. The zero-order valence-electron chi connectivity index (χ0n) is 16.8. The average molecular weight is 412 g/mol. The lowest BCUT2D eigenvalue weighted by Gasteiger charge is -2.13. The molecule has 0 spiro atoms. The highest BCUT2D eigenvalue weighted by molar-refractivity contribution is 6.41. The second-order valence-electron chi connectivity index (χ2n) is 6.29. The number of unbranched alkanes of at least 4 members (excludes halogenated alkanes) is 1. The molecule has 0 rings (SSSR count). The third kappa shape index (κ3) is 11.6. The van der Waals surface area contributed by atoms with Gasteiger partial charge >= 0.3 is 0 Å². The summed E-state index contributed by atoms with van der Waals surface area (Å²) in [5, 5.41) is 3.60. The third-order valence-electron chi connectivity index (χ3n) is 3.58. The quantitative estimate of drug-likeness (QED) is 0.225. The molecule has 0 aliphatic carbocycles. The number of allylic oxidation sites excluding steroid dienone is 6. The number of nitrogens with one attached hydrogen (secondary N) is 1. The summed E-state index contributed by atoms with van der Waals surface area (Å²) in [6.45, 7) is 15.8. The molecule has 0 aliphatic rings. The van der Waals surface area contributed by atoms with E-state index in [4.69, 9.17) is 27.9 Å². The molecule has 0 saturated carbocycles. The van der Waals surface area contributed by atoms with Gasteiger partial charge in [-0.1, -0.05) is 80.4 Å². The fourth-order valence-electron chi connectivity index (χ4n) is 1.97. The van der Waals surface area contributed by atoms with Crippen molar-refractivity contribution in [3.8, 4) is 0 Å². The van der Waals surface area contributed by atoms with E-state index in [1.807, 2.05) is 26.8 Å². The lowest BCUT2D eigenvalue weighted by molar-refractivity contribution is -0.117. The van der Waals surface area contributed by atoms with Gasteiger partial charge in [-0.15, -0.1) is 0 Å².